The zero-order valence-corrected chi connectivity index (χ0v) is 19.5. The first kappa shape index (κ1) is 22.6. The molecule has 4 aromatic rings. The third-order valence-electron chi connectivity index (χ3n) is 6.41. The number of nitrogens with zero attached hydrogens (tertiary/aromatic N) is 2. The Balaban J connectivity index is 1.42. The number of benzene rings is 3. The van der Waals surface area contributed by atoms with Crippen LogP contribution in [0.25, 0.3) is 10.8 Å². The Morgan fingerprint density at radius 2 is 1.66 bits per heavy atom. The van der Waals surface area contributed by atoms with Gasteiger partial charge < -0.3 is 15.5 Å². The van der Waals surface area contributed by atoms with E-state index in [-0.39, 0.29) is 11.8 Å². The van der Waals surface area contributed by atoms with E-state index >= 15 is 0 Å². The predicted octanol–water partition coefficient (Wildman–Crippen LogP) is 5.41. The average molecular weight is 465 g/mol. The molecule has 1 aliphatic rings. The molecule has 2 N–H and O–H groups in total. The van der Waals surface area contributed by atoms with Crippen molar-refractivity contribution in [3.63, 3.8) is 0 Å². The second-order valence-electron chi connectivity index (χ2n) is 8.80. The molecule has 2 amide bonds. The van der Waals surface area contributed by atoms with Crippen molar-refractivity contribution in [2.45, 2.75) is 25.8 Å². The van der Waals surface area contributed by atoms with Crippen LogP contribution in [-0.4, -0.2) is 29.9 Å². The van der Waals surface area contributed by atoms with Crippen molar-refractivity contribution >= 4 is 34.0 Å². The van der Waals surface area contributed by atoms with Crippen molar-refractivity contribution in [3.8, 4) is 0 Å². The molecule has 0 saturated carbocycles. The van der Waals surface area contributed by atoms with Gasteiger partial charge in [0.1, 0.15) is 0 Å². The molecule has 0 unspecified atom stereocenters. The monoisotopic (exact) mass is 464 g/mol. The van der Waals surface area contributed by atoms with Gasteiger partial charge in [0, 0.05) is 49.0 Å². The van der Waals surface area contributed by atoms with Crippen LogP contribution in [0.2, 0.25) is 0 Å². The molecule has 1 aromatic heterocycles. The maximum Gasteiger partial charge on any atom is 0.256 e. The molecule has 1 saturated heterocycles. The fourth-order valence-corrected chi connectivity index (χ4v) is 4.61. The lowest BCUT2D eigenvalue weighted by Gasteiger charge is -2.30. The number of piperidine rings is 1. The van der Waals surface area contributed by atoms with Crippen LogP contribution in [0.4, 0.5) is 11.4 Å². The summed E-state index contributed by atoms with van der Waals surface area (Å²) < 4.78 is 0. The number of hydrogen-bond acceptors (Lipinski definition) is 4. The van der Waals surface area contributed by atoms with E-state index in [1.807, 2.05) is 66.7 Å². The Morgan fingerprint density at radius 1 is 0.829 bits per heavy atom. The Bertz CT molecular complexity index is 1340. The fraction of sp³-hybridized carbons (Fsp3) is 0.207. The summed E-state index contributed by atoms with van der Waals surface area (Å²) in [6.45, 7) is 2.23. The Labute approximate surface area is 205 Å². The quantitative estimate of drug-likeness (QED) is 0.400. The summed E-state index contributed by atoms with van der Waals surface area (Å²) in [5.41, 5.74) is 3.59. The number of pyridine rings is 1. The first-order valence-electron chi connectivity index (χ1n) is 12.0. The second-order valence-corrected chi connectivity index (χ2v) is 8.80. The maximum absolute atomic E-state index is 13.3. The van der Waals surface area contributed by atoms with Crippen molar-refractivity contribution in [1.82, 2.24) is 10.3 Å². The van der Waals surface area contributed by atoms with Gasteiger partial charge in [-0.2, -0.15) is 0 Å². The Kier molecular flexibility index (Phi) is 6.70. The van der Waals surface area contributed by atoms with Gasteiger partial charge in [-0.1, -0.05) is 42.5 Å². The van der Waals surface area contributed by atoms with Crippen LogP contribution in [-0.2, 0) is 6.54 Å². The highest BCUT2D eigenvalue weighted by atomic mass is 16.2. The van der Waals surface area contributed by atoms with Crippen LogP contribution in [0.5, 0.6) is 0 Å². The van der Waals surface area contributed by atoms with Crippen LogP contribution < -0.4 is 15.5 Å². The molecular weight excluding hydrogens is 436 g/mol. The van der Waals surface area contributed by atoms with E-state index in [0.29, 0.717) is 23.4 Å². The van der Waals surface area contributed by atoms with Crippen molar-refractivity contribution in [1.29, 1.82) is 0 Å². The lowest BCUT2D eigenvalue weighted by atomic mass is 10.0. The van der Waals surface area contributed by atoms with Crippen LogP contribution in [0, 0.1) is 0 Å². The van der Waals surface area contributed by atoms with Crippen molar-refractivity contribution < 1.29 is 9.59 Å². The SMILES string of the molecule is O=C(NCc1cccnc1)c1cc(NC(=O)c2cccc3ccccc23)ccc1N1CCCCC1. The zero-order chi connectivity index (χ0) is 24.0. The average Bonchev–Trinajstić information content (AvgIpc) is 2.92. The molecule has 6 heteroatoms. The summed E-state index contributed by atoms with van der Waals surface area (Å²) in [6, 6.07) is 22.9. The van der Waals surface area contributed by atoms with E-state index in [4.69, 9.17) is 0 Å². The molecule has 1 aliphatic heterocycles. The topological polar surface area (TPSA) is 74.3 Å². The maximum atomic E-state index is 13.3. The third kappa shape index (κ3) is 5.17. The molecule has 0 spiro atoms. The standard InChI is InChI=1S/C29H28N4O2/c34-28(31-20-21-8-7-15-30-19-21)26-18-23(13-14-27(26)33-16-4-1-5-17-33)32-29(35)25-12-6-10-22-9-2-3-11-24(22)25/h2-3,6-15,18-19H,1,4-5,16-17,20H2,(H,31,34)(H,32,35). The molecule has 0 radical (unpaired) electrons. The normalized spacial score (nSPS) is 13.4. The molecule has 0 aliphatic carbocycles. The van der Waals surface area contributed by atoms with Gasteiger partial charge in [0.15, 0.2) is 0 Å². The minimum Gasteiger partial charge on any atom is -0.371 e. The molecule has 0 bridgehead atoms. The molecule has 3 aromatic carbocycles. The highest BCUT2D eigenvalue weighted by Gasteiger charge is 2.20. The number of carbonyl (C=O) groups is 2. The highest BCUT2D eigenvalue weighted by Crippen LogP contribution is 2.28. The minimum atomic E-state index is -0.200. The van der Waals surface area contributed by atoms with Crippen LogP contribution in [0.15, 0.2) is 85.2 Å². The number of aromatic nitrogens is 1. The zero-order valence-electron chi connectivity index (χ0n) is 19.5. The highest BCUT2D eigenvalue weighted by molar-refractivity contribution is 6.13. The van der Waals surface area contributed by atoms with Gasteiger partial charge >= 0.3 is 0 Å². The minimum absolute atomic E-state index is 0.171. The summed E-state index contributed by atoms with van der Waals surface area (Å²) in [7, 11) is 0. The lowest BCUT2D eigenvalue weighted by molar-refractivity contribution is 0.0950. The summed E-state index contributed by atoms with van der Waals surface area (Å²) in [5, 5.41) is 7.92. The van der Waals surface area contributed by atoms with Gasteiger partial charge in [0.2, 0.25) is 0 Å². The summed E-state index contributed by atoms with van der Waals surface area (Å²) >= 11 is 0. The molecule has 176 valence electrons. The number of anilines is 2. The fourth-order valence-electron chi connectivity index (χ4n) is 4.61. The molecule has 2 heterocycles. The molecular formula is C29H28N4O2. The van der Waals surface area contributed by atoms with E-state index in [1.165, 1.54) is 6.42 Å². The van der Waals surface area contributed by atoms with Crippen molar-refractivity contribution in [2.75, 3.05) is 23.3 Å². The van der Waals surface area contributed by atoms with E-state index < -0.39 is 0 Å². The smallest absolute Gasteiger partial charge is 0.256 e. The summed E-state index contributed by atoms with van der Waals surface area (Å²) in [4.78, 5) is 32.9. The predicted molar refractivity (Wildman–Crippen MR) is 140 cm³/mol. The van der Waals surface area contributed by atoms with E-state index in [0.717, 1.165) is 48.0 Å². The number of rotatable bonds is 6. The van der Waals surface area contributed by atoms with Gasteiger partial charge in [-0.25, -0.2) is 0 Å². The van der Waals surface area contributed by atoms with Crippen LogP contribution in [0.1, 0.15) is 45.5 Å². The number of carbonyl (C=O) groups excluding carboxylic acids is 2. The molecule has 35 heavy (non-hydrogen) atoms. The van der Waals surface area contributed by atoms with Gasteiger partial charge in [-0.3, -0.25) is 14.6 Å². The van der Waals surface area contributed by atoms with E-state index in [9.17, 15) is 9.59 Å². The van der Waals surface area contributed by atoms with E-state index in [2.05, 4.69) is 20.5 Å². The van der Waals surface area contributed by atoms with Gasteiger partial charge in [-0.15, -0.1) is 0 Å². The lowest BCUT2D eigenvalue weighted by Crippen LogP contribution is -2.32. The van der Waals surface area contributed by atoms with Crippen LogP contribution in [0.3, 0.4) is 0 Å². The number of nitrogens with one attached hydrogen (secondary N) is 2. The van der Waals surface area contributed by atoms with E-state index in [1.54, 1.807) is 18.5 Å². The number of hydrogen-bond donors (Lipinski definition) is 2. The molecule has 5 rings (SSSR count). The van der Waals surface area contributed by atoms with Crippen molar-refractivity contribution in [2.24, 2.45) is 0 Å². The number of fused-ring (bicyclic) bond motifs is 1. The first-order valence-corrected chi connectivity index (χ1v) is 12.0. The molecule has 1 fully saturated rings. The first-order chi connectivity index (χ1) is 17.2. The third-order valence-corrected chi connectivity index (χ3v) is 6.41. The molecule has 6 nitrogen and oxygen atoms in total. The summed E-state index contributed by atoms with van der Waals surface area (Å²) in [6.07, 6.45) is 6.87. The van der Waals surface area contributed by atoms with Gasteiger partial charge in [-0.05, 0) is 65.9 Å². The number of amides is 2. The largest absolute Gasteiger partial charge is 0.371 e. The summed E-state index contributed by atoms with van der Waals surface area (Å²) in [5.74, 6) is -0.370. The Hall–Kier alpha value is -4.19. The van der Waals surface area contributed by atoms with Gasteiger partial charge in [0.25, 0.3) is 11.8 Å². The second kappa shape index (κ2) is 10.4. The van der Waals surface area contributed by atoms with Gasteiger partial charge in [0.05, 0.1) is 5.56 Å². The molecule has 0 atom stereocenters. The Morgan fingerprint density at radius 3 is 2.49 bits per heavy atom. The van der Waals surface area contributed by atoms with Crippen molar-refractivity contribution in [3.05, 3.63) is 102 Å². The van der Waals surface area contributed by atoms with Crippen LogP contribution >= 0.6 is 0 Å².